The summed E-state index contributed by atoms with van der Waals surface area (Å²) < 4.78 is 4.76. The van der Waals surface area contributed by atoms with E-state index in [9.17, 15) is 19.5 Å². The molecule has 1 aliphatic heterocycles. The molecule has 1 aliphatic rings. The molecular formula is C22H26N4O5. The molecule has 9 heteroatoms. The van der Waals surface area contributed by atoms with Crippen LogP contribution in [-0.4, -0.2) is 66.8 Å². The van der Waals surface area contributed by atoms with Crippen LogP contribution in [0.2, 0.25) is 0 Å². The number of esters is 1. The Kier molecular flexibility index (Phi) is 6.26. The lowest BCUT2D eigenvalue weighted by Crippen LogP contribution is -3.06. The first-order valence-corrected chi connectivity index (χ1v) is 9.92. The van der Waals surface area contributed by atoms with Crippen LogP contribution in [0.1, 0.15) is 38.9 Å². The average molecular weight is 426 g/mol. The van der Waals surface area contributed by atoms with Gasteiger partial charge >= 0.3 is 5.97 Å². The van der Waals surface area contributed by atoms with E-state index in [1.807, 2.05) is 14.1 Å². The number of amides is 1. The molecule has 2 N–H and O–H groups in total. The minimum Gasteiger partial charge on any atom is -0.872 e. The topological polar surface area (TPSA) is 120 Å². The van der Waals surface area contributed by atoms with Crippen molar-refractivity contribution in [2.24, 2.45) is 0 Å². The molecule has 1 amide bonds. The van der Waals surface area contributed by atoms with Gasteiger partial charge in [-0.3, -0.25) is 14.6 Å². The molecule has 164 valence electrons. The van der Waals surface area contributed by atoms with Gasteiger partial charge in [0.2, 0.25) is 5.78 Å². The fraction of sp³-hybridized carbons (Fsp3) is 0.364. The molecule has 1 unspecified atom stereocenters. The van der Waals surface area contributed by atoms with Crippen LogP contribution in [0.4, 0.5) is 0 Å². The third-order valence-electron chi connectivity index (χ3n) is 5.46. The van der Waals surface area contributed by atoms with E-state index in [0.717, 1.165) is 4.90 Å². The van der Waals surface area contributed by atoms with Gasteiger partial charge in [-0.1, -0.05) is 5.76 Å². The number of nitrogens with zero attached hydrogens (tertiary/aromatic N) is 2. The normalized spacial score (nSPS) is 18.1. The van der Waals surface area contributed by atoms with Crippen molar-refractivity contribution in [1.29, 1.82) is 0 Å². The van der Waals surface area contributed by atoms with Crippen LogP contribution >= 0.6 is 0 Å². The van der Waals surface area contributed by atoms with Crippen LogP contribution in [0, 0.1) is 13.8 Å². The van der Waals surface area contributed by atoms with Gasteiger partial charge in [0, 0.05) is 23.7 Å². The maximum absolute atomic E-state index is 13.6. The lowest BCUT2D eigenvalue weighted by atomic mass is 9.94. The number of carbonyl (C=O) groups is 3. The summed E-state index contributed by atoms with van der Waals surface area (Å²) in [7, 11) is 5.14. The lowest BCUT2D eigenvalue weighted by Gasteiger charge is -2.27. The van der Waals surface area contributed by atoms with Crippen LogP contribution in [0.3, 0.4) is 0 Å². The molecule has 2 aromatic rings. The number of ketones is 1. The van der Waals surface area contributed by atoms with Gasteiger partial charge in [-0.25, -0.2) is 4.79 Å². The Balaban J connectivity index is 2.20. The third-order valence-corrected chi connectivity index (χ3v) is 5.46. The molecule has 1 fully saturated rings. The van der Waals surface area contributed by atoms with Crippen molar-refractivity contribution in [2.75, 3.05) is 34.3 Å². The summed E-state index contributed by atoms with van der Waals surface area (Å²) in [4.78, 5) is 47.3. The van der Waals surface area contributed by atoms with Crippen LogP contribution in [0.15, 0.2) is 30.1 Å². The standard InChI is InChI=1S/C22H26N4O5/c1-12-15(13(2)24-17(12)22(30)31-5)19(27)16-18(14-6-8-23-9-7-14)26(11-10-25(3)4)21(29)20(16)28/h6-9,18,24,27H,10-11H2,1-5H3/b19-16+. The molecule has 2 aromatic heterocycles. The monoisotopic (exact) mass is 426 g/mol. The molecule has 0 aromatic carbocycles. The van der Waals surface area contributed by atoms with E-state index in [1.54, 1.807) is 38.4 Å². The minimum absolute atomic E-state index is 0.119. The fourth-order valence-corrected chi connectivity index (χ4v) is 3.87. The number of pyridine rings is 1. The minimum atomic E-state index is -0.819. The Labute approximate surface area is 180 Å². The number of Topliss-reactive ketones (excluding diaryl/α,β-unsaturated/α-hetero) is 1. The number of aromatic nitrogens is 2. The van der Waals surface area contributed by atoms with Gasteiger partial charge in [-0.15, -0.1) is 0 Å². The van der Waals surface area contributed by atoms with E-state index in [-0.39, 0.29) is 16.8 Å². The van der Waals surface area contributed by atoms with Gasteiger partial charge in [0.15, 0.2) is 0 Å². The van der Waals surface area contributed by atoms with Crippen molar-refractivity contribution in [1.82, 2.24) is 14.9 Å². The van der Waals surface area contributed by atoms with Crippen LogP contribution < -0.4 is 10.0 Å². The maximum atomic E-state index is 13.6. The number of hydrogen-bond donors (Lipinski definition) is 2. The fourth-order valence-electron chi connectivity index (χ4n) is 3.87. The Morgan fingerprint density at radius 2 is 1.90 bits per heavy atom. The second-order valence-corrected chi connectivity index (χ2v) is 7.83. The molecule has 3 rings (SSSR count). The first-order valence-electron chi connectivity index (χ1n) is 9.92. The number of ether oxygens (including phenoxy) is 1. The van der Waals surface area contributed by atoms with Gasteiger partial charge in [0.25, 0.3) is 5.91 Å². The molecule has 31 heavy (non-hydrogen) atoms. The summed E-state index contributed by atoms with van der Waals surface area (Å²) in [6.45, 7) is 4.18. The van der Waals surface area contributed by atoms with Gasteiger partial charge in [-0.2, -0.15) is 0 Å². The zero-order chi connectivity index (χ0) is 22.9. The Bertz CT molecular complexity index is 1060. The van der Waals surface area contributed by atoms with Crippen LogP contribution in [-0.2, 0) is 14.3 Å². The van der Waals surface area contributed by atoms with Crippen molar-refractivity contribution in [3.63, 3.8) is 0 Å². The van der Waals surface area contributed by atoms with Crippen molar-refractivity contribution in [3.05, 3.63) is 58.2 Å². The first-order chi connectivity index (χ1) is 14.7. The lowest BCUT2D eigenvalue weighted by molar-refractivity contribution is -0.857. The van der Waals surface area contributed by atoms with Crippen molar-refractivity contribution < 1.29 is 29.1 Å². The number of nitrogens with one attached hydrogen (secondary N) is 2. The summed E-state index contributed by atoms with van der Waals surface area (Å²) in [6.07, 6.45) is 3.12. The quantitative estimate of drug-likeness (QED) is 0.270. The van der Waals surface area contributed by atoms with E-state index < -0.39 is 29.5 Å². The molecule has 0 spiro atoms. The summed E-state index contributed by atoms with van der Waals surface area (Å²) >= 11 is 0. The summed E-state index contributed by atoms with van der Waals surface area (Å²) in [5, 5.41) is 13.6. The largest absolute Gasteiger partial charge is 0.872 e. The van der Waals surface area contributed by atoms with Gasteiger partial charge < -0.3 is 24.6 Å². The number of likely N-dealkylation sites (tertiary alicyclic amines) is 1. The predicted molar refractivity (Wildman–Crippen MR) is 110 cm³/mol. The highest BCUT2D eigenvalue weighted by Gasteiger charge is 2.44. The van der Waals surface area contributed by atoms with Gasteiger partial charge in [-0.05, 0) is 42.7 Å². The van der Waals surface area contributed by atoms with Gasteiger partial charge in [0.05, 0.1) is 40.3 Å². The summed E-state index contributed by atoms with van der Waals surface area (Å²) in [5.74, 6) is -2.70. The Morgan fingerprint density at radius 3 is 2.48 bits per heavy atom. The molecule has 9 nitrogen and oxygen atoms in total. The number of hydrogen-bond acceptors (Lipinski definition) is 6. The average Bonchev–Trinajstić information content (AvgIpc) is 3.18. The van der Waals surface area contributed by atoms with Crippen molar-refractivity contribution >= 4 is 23.4 Å². The van der Waals surface area contributed by atoms with E-state index in [2.05, 4.69) is 9.97 Å². The van der Waals surface area contributed by atoms with Crippen LogP contribution in [0.25, 0.3) is 5.76 Å². The molecule has 1 atom stereocenters. The number of rotatable bonds is 6. The number of quaternary nitrogens is 1. The molecule has 0 aliphatic carbocycles. The number of aromatic amines is 1. The smallest absolute Gasteiger partial charge is 0.354 e. The molecule has 3 heterocycles. The third kappa shape index (κ3) is 3.96. The highest BCUT2D eigenvalue weighted by molar-refractivity contribution is 6.46. The number of methoxy groups -OCH3 is 1. The summed E-state index contributed by atoms with van der Waals surface area (Å²) in [6, 6.07) is 2.57. The Morgan fingerprint density at radius 1 is 1.26 bits per heavy atom. The second-order valence-electron chi connectivity index (χ2n) is 7.83. The van der Waals surface area contributed by atoms with Crippen LogP contribution in [0.5, 0.6) is 0 Å². The zero-order valence-corrected chi connectivity index (χ0v) is 18.2. The van der Waals surface area contributed by atoms with Crippen molar-refractivity contribution in [3.8, 4) is 0 Å². The number of aryl methyl sites for hydroxylation is 1. The highest BCUT2D eigenvalue weighted by atomic mass is 16.5. The molecule has 1 saturated heterocycles. The van der Waals surface area contributed by atoms with E-state index in [4.69, 9.17) is 4.74 Å². The number of likely N-dealkylation sites (N-methyl/N-ethyl adjacent to an activating group) is 1. The van der Waals surface area contributed by atoms with E-state index in [1.165, 1.54) is 12.0 Å². The van der Waals surface area contributed by atoms with Gasteiger partial charge in [0.1, 0.15) is 5.69 Å². The number of H-pyrrole nitrogens is 1. The second kappa shape index (κ2) is 8.73. The molecule has 0 bridgehead atoms. The highest BCUT2D eigenvalue weighted by Crippen LogP contribution is 2.39. The molecule has 0 saturated carbocycles. The SMILES string of the molecule is COC(=O)c1[nH]c(C)c(/C([O-])=C2\C(=O)C(=O)N(CC[NH+](C)C)C2c2ccncc2)c1C. The predicted octanol–water partition coefficient (Wildman–Crippen LogP) is -0.818. The van der Waals surface area contributed by atoms with Crippen molar-refractivity contribution in [2.45, 2.75) is 19.9 Å². The van der Waals surface area contributed by atoms with E-state index >= 15 is 0 Å². The number of carbonyl (C=O) groups excluding carboxylic acids is 3. The molecule has 0 radical (unpaired) electrons. The zero-order valence-electron chi connectivity index (χ0n) is 18.2. The Hall–Kier alpha value is -3.46. The summed E-state index contributed by atoms with van der Waals surface area (Å²) in [5.41, 5.74) is 1.67. The first kappa shape index (κ1) is 22.2. The molecular weight excluding hydrogens is 400 g/mol. The maximum Gasteiger partial charge on any atom is 0.354 e. The van der Waals surface area contributed by atoms with E-state index in [0.29, 0.717) is 29.9 Å².